The van der Waals surface area contributed by atoms with Gasteiger partial charge in [0.05, 0.1) is 11.9 Å². The van der Waals surface area contributed by atoms with Crippen LogP contribution < -0.4 is 5.73 Å². The summed E-state index contributed by atoms with van der Waals surface area (Å²) in [5, 5.41) is 7.77. The number of benzene rings is 1. The lowest BCUT2D eigenvalue weighted by Gasteiger charge is -2.11. The van der Waals surface area contributed by atoms with Gasteiger partial charge in [0.2, 0.25) is 0 Å². The number of nitrogen functional groups attached to an aromatic ring is 1. The van der Waals surface area contributed by atoms with Crippen LogP contribution in [0.2, 0.25) is 0 Å². The SMILES string of the molecule is Cc1cc(C)c(-n2nncc2N)c(C)c1. The summed E-state index contributed by atoms with van der Waals surface area (Å²) < 4.78 is 1.67. The number of hydrogen-bond donors (Lipinski definition) is 1. The second kappa shape index (κ2) is 3.38. The number of aryl methyl sites for hydroxylation is 3. The molecule has 0 spiro atoms. The third-order valence-corrected chi connectivity index (χ3v) is 2.42. The van der Waals surface area contributed by atoms with Crippen molar-refractivity contribution in [2.75, 3.05) is 5.73 Å². The maximum absolute atomic E-state index is 5.79. The topological polar surface area (TPSA) is 56.7 Å². The van der Waals surface area contributed by atoms with E-state index in [2.05, 4.69) is 43.2 Å². The monoisotopic (exact) mass is 202 g/mol. The highest BCUT2D eigenvalue weighted by atomic mass is 15.4. The van der Waals surface area contributed by atoms with Gasteiger partial charge in [0.15, 0.2) is 0 Å². The molecule has 0 saturated heterocycles. The molecular formula is C11H14N4. The van der Waals surface area contributed by atoms with Crippen molar-refractivity contribution >= 4 is 5.82 Å². The number of rotatable bonds is 1. The lowest BCUT2D eigenvalue weighted by Crippen LogP contribution is -2.06. The Morgan fingerprint density at radius 1 is 1.13 bits per heavy atom. The van der Waals surface area contributed by atoms with Crippen LogP contribution in [-0.2, 0) is 0 Å². The van der Waals surface area contributed by atoms with E-state index < -0.39 is 0 Å². The van der Waals surface area contributed by atoms with Crippen molar-refractivity contribution in [2.45, 2.75) is 20.8 Å². The van der Waals surface area contributed by atoms with Gasteiger partial charge in [-0.05, 0) is 31.9 Å². The minimum atomic E-state index is 0.560. The number of hydrogen-bond acceptors (Lipinski definition) is 3. The Morgan fingerprint density at radius 2 is 1.73 bits per heavy atom. The molecule has 0 aliphatic rings. The Hall–Kier alpha value is -1.84. The van der Waals surface area contributed by atoms with Crippen LogP contribution >= 0.6 is 0 Å². The van der Waals surface area contributed by atoms with Crippen molar-refractivity contribution in [1.82, 2.24) is 15.0 Å². The van der Waals surface area contributed by atoms with Gasteiger partial charge in [-0.25, -0.2) is 0 Å². The molecule has 1 aromatic carbocycles. The average molecular weight is 202 g/mol. The fourth-order valence-corrected chi connectivity index (χ4v) is 1.92. The Labute approximate surface area is 88.7 Å². The van der Waals surface area contributed by atoms with Crippen LogP contribution in [0, 0.1) is 20.8 Å². The fraction of sp³-hybridized carbons (Fsp3) is 0.273. The quantitative estimate of drug-likeness (QED) is 0.766. The minimum Gasteiger partial charge on any atom is -0.382 e. The zero-order valence-electron chi connectivity index (χ0n) is 9.15. The lowest BCUT2D eigenvalue weighted by atomic mass is 10.1. The predicted octanol–water partition coefficient (Wildman–Crippen LogP) is 1.77. The van der Waals surface area contributed by atoms with Crippen molar-refractivity contribution in [3.8, 4) is 5.69 Å². The van der Waals surface area contributed by atoms with E-state index in [1.807, 2.05) is 0 Å². The maximum atomic E-state index is 5.79. The van der Waals surface area contributed by atoms with E-state index in [0.29, 0.717) is 5.82 Å². The highest BCUT2D eigenvalue weighted by Gasteiger charge is 2.09. The number of aromatic nitrogens is 3. The van der Waals surface area contributed by atoms with Crippen LogP contribution in [0.4, 0.5) is 5.82 Å². The first-order chi connectivity index (χ1) is 7.09. The molecule has 1 heterocycles. The Balaban J connectivity index is 2.68. The minimum absolute atomic E-state index is 0.560. The van der Waals surface area contributed by atoms with Gasteiger partial charge >= 0.3 is 0 Å². The molecule has 15 heavy (non-hydrogen) atoms. The third-order valence-electron chi connectivity index (χ3n) is 2.42. The molecule has 0 fully saturated rings. The molecule has 4 nitrogen and oxygen atoms in total. The predicted molar refractivity (Wildman–Crippen MR) is 60.0 cm³/mol. The van der Waals surface area contributed by atoms with Crippen molar-refractivity contribution in [3.63, 3.8) is 0 Å². The molecule has 4 heteroatoms. The first-order valence-electron chi connectivity index (χ1n) is 4.84. The van der Waals surface area contributed by atoms with Gasteiger partial charge < -0.3 is 5.73 Å². The van der Waals surface area contributed by atoms with Gasteiger partial charge in [-0.3, -0.25) is 0 Å². The summed E-state index contributed by atoms with van der Waals surface area (Å²) in [5.41, 5.74) is 10.4. The summed E-state index contributed by atoms with van der Waals surface area (Å²) in [7, 11) is 0. The second-order valence-corrected chi connectivity index (χ2v) is 3.82. The molecule has 2 N–H and O–H groups in total. The smallest absolute Gasteiger partial charge is 0.147 e. The van der Waals surface area contributed by atoms with Gasteiger partial charge in [-0.2, -0.15) is 4.68 Å². The summed E-state index contributed by atoms with van der Waals surface area (Å²) in [6.45, 7) is 6.18. The molecule has 0 saturated carbocycles. The summed E-state index contributed by atoms with van der Waals surface area (Å²) in [6.07, 6.45) is 1.55. The standard InChI is InChI=1S/C11H14N4/c1-7-4-8(2)11(9(3)5-7)15-10(12)6-13-14-15/h4-6H,12H2,1-3H3. The maximum Gasteiger partial charge on any atom is 0.147 e. The molecule has 0 radical (unpaired) electrons. The second-order valence-electron chi connectivity index (χ2n) is 3.82. The molecule has 0 aliphatic carbocycles. The van der Waals surface area contributed by atoms with Gasteiger partial charge in [0, 0.05) is 0 Å². The van der Waals surface area contributed by atoms with Crippen molar-refractivity contribution in [2.24, 2.45) is 0 Å². The first kappa shape index (κ1) is 9.71. The van der Waals surface area contributed by atoms with Gasteiger partial charge in [0.25, 0.3) is 0 Å². The van der Waals surface area contributed by atoms with Crippen molar-refractivity contribution in [3.05, 3.63) is 35.0 Å². The van der Waals surface area contributed by atoms with Crippen LogP contribution in [0.5, 0.6) is 0 Å². The molecule has 1 aromatic heterocycles. The molecule has 2 rings (SSSR count). The lowest BCUT2D eigenvalue weighted by molar-refractivity contribution is 0.799. The van der Waals surface area contributed by atoms with E-state index in [9.17, 15) is 0 Å². The first-order valence-corrected chi connectivity index (χ1v) is 4.84. The van der Waals surface area contributed by atoms with Gasteiger partial charge in [-0.15, -0.1) is 5.10 Å². The van der Waals surface area contributed by atoms with Gasteiger partial charge in [-0.1, -0.05) is 22.9 Å². The van der Waals surface area contributed by atoms with E-state index in [1.165, 1.54) is 5.56 Å². The zero-order chi connectivity index (χ0) is 11.0. The van der Waals surface area contributed by atoms with Crippen molar-refractivity contribution < 1.29 is 0 Å². The summed E-state index contributed by atoms with van der Waals surface area (Å²) in [5.74, 6) is 0.560. The molecule has 78 valence electrons. The van der Waals surface area contributed by atoms with Crippen LogP contribution in [0.15, 0.2) is 18.3 Å². The molecule has 0 bridgehead atoms. The number of anilines is 1. The molecule has 0 unspecified atom stereocenters. The highest BCUT2D eigenvalue weighted by Crippen LogP contribution is 2.21. The summed E-state index contributed by atoms with van der Waals surface area (Å²) in [6, 6.07) is 4.23. The molecule has 0 aliphatic heterocycles. The fourth-order valence-electron chi connectivity index (χ4n) is 1.92. The van der Waals surface area contributed by atoms with E-state index in [0.717, 1.165) is 16.8 Å². The van der Waals surface area contributed by atoms with Gasteiger partial charge in [0.1, 0.15) is 5.82 Å². The Morgan fingerprint density at radius 3 is 2.20 bits per heavy atom. The molecule has 2 aromatic rings. The van der Waals surface area contributed by atoms with Crippen LogP contribution in [0.3, 0.4) is 0 Å². The Bertz CT molecular complexity index is 476. The average Bonchev–Trinajstić information content (AvgIpc) is 2.50. The van der Waals surface area contributed by atoms with Crippen LogP contribution in [0.25, 0.3) is 5.69 Å². The van der Waals surface area contributed by atoms with Crippen LogP contribution in [0.1, 0.15) is 16.7 Å². The van der Waals surface area contributed by atoms with Crippen LogP contribution in [-0.4, -0.2) is 15.0 Å². The van der Waals surface area contributed by atoms with E-state index in [4.69, 9.17) is 5.73 Å². The molecule has 0 atom stereocenters. The normalized spacial score (nSPS) is 10.6. The Kier molecular flexibility index (Phi) is 2.19. The highest BCUT2D eigenvalue weighted by molar-refractivity contribution is 5.51. The summed E-state index contributed by atoms with van der Waals surface area (Å²) in [4.78, 5) is 0. The number of nitrogens with zero attached hydrogens (tertiary/aromatic N) is 3. The van der Waals surface area contributed by atoms with Crippen molar-refractivity contribution in [1.29, 1.82) is 0 Å². The molecule has 0 amide bonds. The molecular weight excluding hydrogens is 188 g/mol. The summed E-state index contributed by atoms with van der Waals surface area (Å²) >= 11 is 0. The number of nitrogens with two attached hydrogens (primary N) is 1. The van der Waals surface area contributed by atoms with E-state index in [-0.39, 0.29) is 0 Å². The zero-order valence-corrected chi connectivity index (χ0v) is 9.15. The van der Waals surface area contributed by atoms with E-state index in [1.54, 1.807) is 10.9 Å². The third kappa shape index (κ3) is 1.58. The largest absolute Gasteiger partial charge is 0.382 e. The van der Waals surface area contributed by atoms with E-state index >= 15 is 0 Å².